The van der Waals surface area contributed by atoms with Gasteiger partial charge in [-0.1, -0.05) is 137 Å². The summed E-state index contributed by atoms with van der Waals surface area (Å²) in [6, 6.07) is 12.9. The Balaban J connectivity index is 1.07. The van der Waals surface area contributed by atoms with E-state index >= 15 is 51.9 Å². The minimum atomic E-state index is -2.06. The van der Waals surface area contributed by atoms with E-state index in [-0.39, 0.29) is 69.4 Å². The molecule has 7 aromatic rings. The second-order valence-corrected chi connectivity index (χ2v) is 36.1. The first-order valence-electron chi connectivity index (χ1n) is 45.3. The number of fused-ring (bicyclic) bond motifs is 3. The Morgan fingerprint density at radius 1 is 0.493 bits per heavy atom. The van der Waals surface area contributed by atoms with Crippen molar-refractivity contribution in [2.24, 2.45) is 17.4 Å². The lowest BCUT2D eigenvalue weighted by Crippen LogP contribution is -2.62. The highest BCUT2D eigenvalue weighted by molar-refractivity contribution is 8.00. The molecule has 15 atom stereocenters. The second kappa shape index (κ2) is 49.7. The quantitative estimate of drug-likeness (QED) is 0.0365. The van der Waals surface area contributed by atoms with Gasteiger partial charge in [-0.25, -0.2) is 13.2 Å². The number of likely N-dealkylation sites (N-methyl/N-ethyl adjacent to an activating group) is 3. The Morgan fingerprint density at radius 3 is 1.52 bits per heavy atom. The van der Waals surface area contributed by atoms with Crippen LogP contribution in [-0.2, 0) is 115 Å². The molecule has 3 fully saturated rings. The number of para-hydroxylation sites is 1. The third kappa shape index (κ3) is 28.8. The van der Waals surface area contributed by atoms with Gasteiger partial charge in [-0.05, 0) is 108 Å². The van der Waals surface area contributed by atoms with E-state index in [9.17, 15) is 63.5 Å². The van der Waals surface area contributed by atoms with Crippen LogP contribution in [0.4, 0.5) is 13.2 Å². The fraction of sp³-hybridized carbons (Fsp3) is 0.438. The van der Waals surface area contributed by atoms with Crippen LogP contribution in [0, 0.1) is 23.4 Å². The summed E-state index contributed by atoms with van der Waals surface area (Å²) < 4.78 is 45.2. The highest BCUT2D eigenvalue weighted by Crippen LogP contribution is 2.29. The molecule has 0 saturated carbocycles. The van der Waals surface area contributed by atoms with Crippen molar-refractivity contribution in [1.29, 1.82) is 0 Å². The van der Waals surface area contributed by atoms with E-state index in [1.165, 1.54) is 76.5 Å². The maximum absolute atomic E-state index is 15.8. The van der Waals surface area contributed by atoms with Crippen molar-refractivity contribution < 1.29 is 115 Å². The molecular formula is C96H118F3N17O21S. The molecule has 15 amide bonds. The molecule has 0 aliphatic carbocycles. The first-order valence-corrected chi connectivity index (χ1v) is 46.4. The van der Waals surface area contributed by atoms with Crippen molar-refractivity contribution in [1.82, 2.24) is 77.3 Å². The molecule has 3 aliphatic rings. The largest absolute Gasteiger partial charge is 0.508 e. The zero-order valence-electron chi connectivity index (χ0n) is 77.0. The third-order valence-corrected chi connectivity index (χ3v) is 25.5. The van der Waals surface area contributed by atoms with Crippen LogP contribution in [0.25, 0.3) is 10.9 Å². The number of benzene rings is 6. The van der Waals surface area contributed by atoms with Gasteiger partial charge in [-0.2, -0.15) is 0 Å². The number of aromatic hydroxyl groups is 2. The van der Waals surface area contributed by atoms with Gasteiger partial charge in [0.2, 0.25) is 88.6 Å². The van der Waals surface area contributed by atoms with Crippen molar-refractivity contribution in [3.8, 4) is 11.5 Å². The SMILES string of the molecule is CCCC[C@H]1C(=O)N2C[C@@H](O)C[C@@H]2C(=O)N[C@@H](CC(=O)O)C(=O)N[C@@H](C(C)C)C(=O)N(C)[C@@H](Cc2ccccc2)C(=O)N[C@@H](Cc2ccc(O)cc2)C(=O)N2C[C@@H](O)C[C@@H]2C(=O)N[C@@H](Cc2c[nH]c3ccccc23)C(=O)N[C@@H](Cc2ccc(O)cc2)C(=O)N[C@@H](CCCN)C(=O)N[C@H](C(=O)NCC(N)=O)CSCC(=O)N[C@@H](Cc2cc(F)c(F)c(F)c2)C(=O)N(C)[C@@H](Cc2ccccc2)C(=O)N1C. The summed E-state index contributed by atoms with van der Waals surface area (Å²) in [6.45, 7) is 2.76. The number of nitrogens with one attached hydrogen (secondary N) is 10. The molecule has 4 heterocycles. The van der Waals surface area contributed by atoms with Gasteiger partial charge in [0.05, 0.1) is 30.9 Å². The second-order valence-electron chi connectivity index (χ2n) is 35.0. The number of aliphatic hydroxyl groups is 2. The number of primary amides is 1. The number of aliphatic hydroxyl groups excluding tert-OH is 2. The number of hydrogen-bond acceptors (Lipinski definition) is 22. The molecule has 10 rings (SSSR count). The molecule has 6 aromatic carbocycles. The van der Waals surface area contributed by atoms with E-state index in [0.29, 0.717) is 69.0 Å². The van der Waals surface area contributed by atoms with Crippen LogP contribution in [0.15, 0.2) is 152 Å². The first-order chi connectivity index (χ1) is 65.7. The average molecular weight is 1940 g/mol. The Hall–Kier alpha value is -14.0. The van der Waals surface area contributed by atoms with E-state index in [1.54, 1.807) is 98.0 Å². The number of halogens is 3. The number of unbranched alkanes of at least 4 members (excludes halogenated alkanes) is 1. The number of aromatic amines is 1. The molecular weight excluding hydrogens is 1820 g/mol. The molecule has 42 heteroatoms. The van der Waals surface area contributed by atoms with Crippen molar-refractivity contribution >= 4 is 117 Å². The van der Waals surface area contributed by atoms with Crippen LogP contribution in [0.5, 0.6) is 11.5 Å². The van der Waals surface area contributed by atoms with Crippen molar-refractivity contribution in [2.45, 2.75) is 201 Å². The molecule has 0 unspecified atom stereocenters. The number of H-pyrrole nitrogens is 1. The standard InChI is InChI=1S/C96H118F3N17O21S/c1-7-8-25-74-95(136)116-49-62(120)44-77(116)91(132)108-70(45-81(123)124)88(129)111-83(52(2)3)96(137)113(5)75(40-53-18-11-9-12-19-53)89(130)109-72(38-56-28-32-60(118)33-29-56)93(134)115-48-61(119)43-76(115)90(131)107-69(42-58-46-102-66-23-16-15-22-63(58)66)87(128)106-68(37-55-26-30-59(117)31-27-55)86(127)105-67(24-17-34-100)85(126)110-73(84(125)103-47-79(101)121)50-138-51-80(122)104-71(39-57-35-64(97)82(99)65(98)36-57)92(133)114(6)78(94(135)112(74)4)41-54-20-13-10-14-21-54/h9-16,18-23,26-33,35-36,46,52,61-62,67-78,83,102,117-120H,7-8,17,24-25,34,37-45,47-51,100H2,1-6H3,(H2,101,121)(H,103,125)(H,104,122)(H,105,127)(H,106,128)(H,107,131)(H,108,132)(H,109,130)(H,110,126)(H,111,129)(H,123,124)/t61-,62-,67-,68-,69-,70-,71-,72-,73-,74-,75-,76+,77+,78-,83-/m0/s1. The predicted octanol–water partition coefficient (Wildman–Crippen LogP) is 0.443. The number of rotatable bonds is 24. The molecule has 0 bridgehead atoms. The number of carboxylic acid groups (broad SMARTS) is 1. The number of carbonyl (C=O) groups is 16. The Labute approximate surface area is 797 Å². The number of phenols is 2. The van der Waals surface area contributed by atoms with Crippen LogP contribution in [0.3, 0.4) is 0 Å². The summed E-state index contributed by atoms with van der Waals surface area (Å²) >= 11 is 0.634. The summed E-state index contributed by atoms with van der Waals surface area (Å²) in [7, 11) is 3.61. The maximum atomic E-state index is 15.8. The van der Waals surface area contributed by atoms with Crippen molar-refractivity contribution in [3.05, 3.63) is 203 Å². The monoisotopic (exact) mass is 1930 g/mol. The lowest BCUT2D eigenvalue weighted by Gasteiger charge is -2.38. The fourth-order valence-electron chi connectivity index (χ4n) is 16.9. The van der Waals surface area contributed by atoms with E-state index in [4.69, 9.17) is 11.5 Å². The highest BCUT2D eigenvalue weighted by Gasteiger charge is 2.48. The minimum Gasteiger partial charge on any atom is -0.508 e. The van der Waals surface area contributed by atoms with Crippen LogP contribution in [0.1, 0.15) is 106 Å². The highest BCUT2D eigenvalue weighted by atomic mass is 32.2. The number of carboxylic acids is 1. The number of phenolic OH excluding ortho intramolecular Hbond substituents is 2. The lowest BCUT2D eigenvalue weighted by molar-refractivity contribution is -0.152. The molecule has 3 saturated heterocycles. The Kier molecular flexibility index (Phi) is 38.2. The van der Waals surface area contributed by atoms with Gasteiger partial charge in [0, 0.05) is 108 Å². The Bertz CT molecular complexity index is 5510. The van der Waals surface area contributed by atoms with E-state index in [2.05, 4.69) is 52.8 Å². The number of aliphatic carboxylic acids is 1. The smallest absolute Gasteiger partial charge is 0.305 e. The fourth-order valence-corrected chi connectivity index (χ4v) is 17.8. The summed E-state index contributed by atoms with van der Waals surface area (Å²) in [5, 5.41) is 78.2. The molecule has 3 aliphatic heterocycles. The van der Waals surface area contributed by atoms with Gasteiger partial charge in [0.25, 0.3) is 0 Å². The van der Waals surface area contributed by atoms with Crippen molar-refractivity contribution in [3.63, 3.8) is 0 Å². The van der Waals surface area contributed by atoms with Crippen LogP contribution in [0.2, 0.25) is 0 Å². The number of nitrogens with two attached hydrogens (primary N) is 2. The zero-order chi connectivity index (χ0) is 100. The molecule has 138 heavy (non-hydrogen) atoms. The van der Waals surface area contributed by atoms with E-state index < -0.39 is 278 Å². The van der Waals surface area contributed by atoms with Gasteiger partial charge in [-0.15, -0.1) is 11.8 Å². The number of amides is 15. The topological polar surface area (TPSA) is 567 Å². The molecule has 38 nitrogen and oxygen atoms in total. The van der Waals surface area contributed by atoms with Gasteiger partial charge < -0.3 is 114 Å². The van der Waals surface area contributed by atoms with Crippen LogP contribution < -0.4 is 59.3 Å². The van der Waals surface area contributed by atoms with Gasteiger partial charge in [0.1, 0.15) is 90.0 Å². The lowest BCUT2D eigenvalue weighted by atomic mass is 9.98. The molecule has 0 spiro atoms. The summed E-state index contributed by atoms with van der Waals surface area (Å²) in [4.78, 5) is 247. The van der Waals surface area contributed by atoms with Crippen LogP contribution >= 0.6 is 11.8 Å². The normalized spacial score (nSPS) is 24.2. The summed E-state index contributed by atoms with van der Waals surface area (Å²) in [6.07, 6.45) is -5.89. The number of thioether (sulfide) groups is 1. The van der Waals surface area contributed by atoms with Crippen LogP contribution in [-0.4, -0.2) is 299 Å². The molecule has 0 radical (unpaired) electrons. The van der Waals surface area contributed by atoms with Gasteiger partial charge in [-0.3, -0.25) is 76.7 Å². The average Bonchev–Trinajstić information content (AvgIpc) is 1.81. The zero-order valence-corrected chi connectivity index (χ0v) is 77.8. The van der Waals surface area contributed by atoms with Gasteiger partial charge in [0.15, 0.2) is 17.5 Å². The van der Waals surface area contributed by atoms with Gasteiger partial charge >= 0.3 is 5.97 Å². The minimum absolute atomic E-state index is 0.00243. The number of carbonyl (C=O) groups excluding carboxylic acids is 15. The summed E-state index contributed by atoms with van der Waals surface area (Å²) in [5.74, 6) is -25.4. The Morgan fingerprint density at radius 2 is 0.964 bits per heavy atom. The number of aromatic nitrogens is 1. The van der Waals surface area contributed by atoms with E-state index in [0.717, 1.165) is 31.5 Å². The predicted molar refractivity (Wildman–Crippen MR) is 498 cm³/mol. The maximum Gasteiger partial charge on any atom is 0.305 e. The van der Waals surface area contributed by atoms with E-state index in [1.807, 2.05) is 0 Å². The summed E-state index contributed by atoms with van der Waals surface area (Å²) in [5.41, 5.74) is 13.6. The third-order valence-electron chi connectivity index (χ3n) is 24.4. The number of nitrogens with zero attached hydrogens (tertiary/aromatic N) is 5. The first kappa shape index (κ1) is 106. The molecule has 19 N–H and O–H groups in total. The molecule has 740 valence electrons. The van der Waals surface area contributed by atoms with Crippen molar-refractivity contribution in [2.75, 3.05) is 58.8 Å². The number of hydrogen-bond donors (Lipinski definition) is 17. The molecule has 1 aromatic heterocycles.